The molecule has 4 rings (SSSR count). The third-order valence-electron chi connectivity index (χ3n) is 4.97. The molecule has 1 atom stereocenters. The number of allylic oxidation sites excluding steroid dienone is 1. The van der Waals surface area contributed by atoms with Gasteiger partial charge in [0.15, 0.2) is 10.5 Å². The average molecular weight is 527 g/mol. The first-order chi connectivity index (χ1) is 16.1. The van der Waals surface area contributed by atoms with Gasteiger partial charge in [0.1, 0.15) is 0 Å². The van der Waals surface area contributed by atoms with Crippen LogP contribution in [0.25, 0.3) is 6.08 Å². The maximum Gasteiger partial charge on any atom is 0.434 e. The minimum Gasteiger partial charge on any atom is -0.463 e. The smallest absolute Gasteiger partial charge is 0.434 e. The van der Waals surface area contributed by atoms with Gasteiger partial charge in [0.05, 0.1) is 22.8 Å². The van der Waals surface area contributed by atoms with Crippen LogP contribution in [-0.4, -0.2) is 23.3 Å². The minimum atomic E-state index is -4.97. The number of ether oxygens (including phenoxy) is 1. The normalized spacial score (nSPS) is 16.3. The van der Waals surface area contributed by atoms with Crippen molar-refractivity contribution in [3.05, 3.63) is 101 Å². The Morgan fingerprint density at radius 3 is 2.47 bits per heavy atom. The van der Waals surface area contributed by atoms with E-state index in [0.717, 1.165) is 15.9 Å². The minimum absolute atomic E-state index is 0.109. The maximum atomic E-state index is 14.1. The van der Waals surface area contributed by atoms with E-state index in [2.05, 4.69) is 4.99 Å². The van der Waals surface area contributed by atoms with Gasteiger partial charge in [0.25, 0.3) is 5.56 Å². The lowest BCUT2D eigenvalue weighted by Crippen LogP contribution is -2.41. The van der Waals surface area contributed by atoms with Gasteiger partial charge in [0, 0.05) is 10.0 Å². The van der Waals surface area contributed by atoms with E-state index in [1.165, 1.54) is 37.3 Å². The summed E-state index contributed by atoms with van der Waals surface area (Å²) in [7, 11) is 0. The number of rotatable bonds is 4. The molecular weight excluding hydrogens is 512 g/mol. The zero-order chi connectivity index (χ0) is 24.6. The van der Waals surface area contributed by atoms with Crippen LogP contribution in [0.5, 0.6) is 0 Å². The molecule has 3 aromatic rings. The molecule has 0 fully saturated rings. The average Bonchev–Trinajstić information content (AvgIpc) is 3.09. The number of esters is 1. The number of hydrogen-bond donors (Lipinski definition) is 0. The predicted molar refractivity (Wildman–Crippen MR) is 124 cm³/mol. The Hall–Kier alpha value is -2.88. The fourth-order valence-electron chi connectivity index (χ4n) is 3.53. The molecular formula is C23H15Cl2F3N2O3S. The number of alkyl halides is 3. The maximum absolute atomic E-state index is 14.1. The molecule has 0 saturated heterocycles. The summed E-state index contributed by atoms with van der Waals surface area (Å²) in [5.41, 5.74) is -2.04. The van der Waals surface area contributed by atoms with Gasteiger partial charge in [-0.1, -0.05) is 64.9 Å². The number of nitrogens with zero attached hydrogens (tertiary/aromatic N) is 2. The van der Waals surface area contributed by atoms with Crippen molar-refractivity contribution in [3.63, 3.8) is 0 Å². The summed E-state index contributed by atoms with van der Waals surface area (Å²) in [6.45, 7) is 1.32. The number of fused-ring (bicyclic) bond motifs is 1. The number of carbonyl (C=O) groups excluding carboxylic acids is 1. The van der Waals surface area contributed by atoms with E-state index in [1.807, 2.05) is 0 Å². The van der Waals surface area contributed by atoms with Gasteiger partial charge in [-0.3, -0.25) is 9.36 Å². The first-order valence-electron chi connectivity index (χ1n) is 9.92. The second-order valence-electron chi connectivity index (χ2n) is 7.14. The van der Waals surface area contributed by atoms with E-state index in [4.69, 9.17) is 27.9 Å². The molecule has 2 heterocycles. The summed E-state index contributed by atoms with van der Waals surface area (Å²) in [4.78, 5) is 29.7. The van der Waals surface area contributed by atoms with Gasteiger partial charge in [-0.25, -0.2) is 9.79 Å². The Morgan fingerprint density at radius 1 is 1.18 bits per heavy atom. The van der Waals surface area contributed by atoms with Crippen molar-refractivity contribution < 1.29 is 22.7 Å². The van der Waals surface area contributed by atoms with Crippen LogP contribution in [-0.2, 0) is 9.53 Å². The van der Waals surface area contributed by atoms with E-state index in [-0.39, 0.29) is 21.5 Å². The van der Waals surface area contributed by atoms with Crippen LogP contribution < -0.4 is 14.9 Å². The molecule has 176 valence electrons. The summed E-state index contributed by atoms with van der Waals surface area (Å²) in [5, 5.41) is 0.707. The Bertz CT molecular complexity index is 1470. The topological polar surface area (TPSA) is 60.7 Å². The SMILES string of the molecule is CCOC(=O)C1=C(C(F)(F)F)N=c2s/c(=C/c3ccccc3Cl)c(=O)n2[C@H]1c1ccc(Cl)cc1. The lowest BCUT2D eigenvalue weighted by molar-refractivity contribution is -0.140. The Labute approximate surface area is 205 Å². The molecule has 0 amide bonds. The van der Waals surface area contributed by atoms with Crippen molar-refractivity contribution >= 4 is 46.6 Å². The Balaban J connectivity index is 2.07. The van der Waals surface area contributed by atoms with Crippen molar-refractivity contribution in [3.8, 4) is 0 Å². The van der Waals surface area contributed by atoms with Crippen molar-refractivity contribution in [2.24, 2.45) is 4.99 Å². The molecule has 1 aromatic heterocycles. The molecule has 0 bridgehead atoms. The quantitative estimate of drug-likeness (QED) is 0.465. The predicted octanol–water partition coefficient (Wildman–Crippen LogP) is 4.65. The van der Waals surface area contributed by atoms with Crippen LogP contribution in [0.15, 0.2) is 69.6 Å². The van der Waals surface area contributed by atoms with E-state index >= 15 is 0 Å². The van der Waals surface area contributed by atoms with Crippen LogP contribution in [0.4, 0.5) is 13.2 Å². The molecule has 2 aromatic carbocycles. The first kappa shape index (κ1) is 24.3. The highest BCUT2D eigenvalue weighted by Gasteiger charge is 2.45. The van der Waals surface area contributed by atoms with Crippen LogP contribution in [0, 0.1) is 0 Å². The third-order valence-corrected chi connectivity index (χ3v) is 6.55. The Morgan fingerprint density at radius 2 is 1.85 bits per heavy atom. The largest absolute Gasteiger partial charge is 0.463 e. The van der Waals surface area contributed by atoms with E-state index < -0.39 is 35.0 Å². The summed E-state index contributed by atoms with van der Waals surface area (Å²) < 4.78 is 48.3. The molecule has 34 heavy (non-hydrogen) atoms. The van der Waals surface area contributed by atoms with Gasteiger partial charge >= 0.3 is 12.1 Å². The Kier molecular flexibility index (Phi) is 6.71. The summed E-state index contributed by atoms with van der Waals surface area (Å²) >= 11 is 12.9. The molecule has 0 radical (unpaired) electrons. The molecule has 1 aliphatic heterocycles. The lowest BCUT2D eigenvalue weighted by Gasteiger charge is -2.26. The van der Waals surface area contributed by atoms with E-state index in [9.17, 15) is 22.8 Å². The number of thiazole rings is 1. The highest BCUT2D eigenvalue weighted by atomic mass is 35.5. The number of carbonyl (C=O) groups is 1. The van der Waals surface area contributed by atoms with Gasteiger partial charge in [-0.15, -0.1) is 0 Å². The summed E-state index contributed by atoms with van der Waals surface area (Å²) in [6, 6.07) is 11.1. The van der Waals surface area contributed by atoms with Gasteiger partial charge in [-0.05, 0) is 42.3 Å². The number of hydrogen-bond acceptors (Lipinski definition) is 5. The molecule has 5 nitrogen and oxygen atoms in total. The van der Waals surface area contributed by atoms with Gasteiger partial charge in [-0.2, -0.15) is 13.2 Å². The van der Waals surface area contributed by atoms with Crippen molar-refractivity contribution in [1.29, 1.82) is 0 Å². The van der Waals surface area contributed by atoms with Crippen molar-refractivity contribution in [2.75, 3.05) is 6.61 Å². The second-order valence-corrected chi connectivity index (χ2v) is 8.99. The zero-order valence-corrected chi connectivity index (χ0v) is 19.7. The number of halogens is 5. The molecule has 0 saturated carbocycles. The first-order valence-corrected chi connectivity index (χ1v) is 11.5. The van der Waals surface area contributed by atoms with Crippen LogP contribution in [0.2, 0.25) is 10.0 Å². The van der Waals surface area contributed by atoms with Crippen LogP contribution >= 0.6 is 34.5 Å². The molecule has 0 unspecified atom stereocenters. The third kappa shape index (κ3) is 4.55. The molecule has 1 aliphatic rings. The standard InChI is InChI=1S/C23H15Cl2F3N2O3S/c1-2-33-21(32)17-18(12-7-9-14(24)10-8-12)30-20(31)16(11-13-5-3-4-6-15(13)25)34-22(30)29-19(17)23(26,27)28/h3-11,18H,2H2,1H3/b16-11+/t18-/m0/s1. The van der Waals surface area contributed by atoms with Crippen molar-refractivity contribution in [1.82, 2.24) is 4.57 Å². The fourth-order valence-corrected chi connectivity index (χ4v) is 4.84. The number of benzene rings is 2. The number of aromatic nitrogens is 1. The molecule has 0 spiro atoms. The van der Waals surface area contributed by atoms with Gasteiger partial charge in [0.2, 0.25) is 0 Å². The highest BCUT2D eigenvalue weighted by molar-refractivity contribution is 7.07. The monoisotopic (exact) mass is 526 g/mol. The highest BCUT2D eigenvalue weighted by Crippen LogP contribution is 2.38. The van der Waals surface area contributed by atoms with Crippen LogP contribution in [0.3, 0.4) is 0 Å². The lowest BCUT2D eigenvalue weighted by atomic mass is 9.95. The summed E-state index contributed by atoms with van der Waals surface area (Å²) in [5.74, 6) is -1.21. The molecule has 0 N–H and O–H groups in total. The summed E-state index contributed by atoms with van der Waals surface area (Å²) in [6.07, 6.45) is -3.49. The fraction of sp³-hybridized carbons (Fsp3) is 0.174. The van der Waals surface area contributed by atoms with Gasteiger partial charge < -0.3 is 4.74 Å². The van der Waals surface area contributed by atoms with Crippen molar-refractivity contribution in [2.45, 2.75) is 19.1 Å². The van der Waals surface area contributed by atoms with Crippen LogP contribution in [0.1, 0.15) is 24.1 Å². The zero-order valence-electron chi connectivity index (χ0n) is 17.4. The van der Waals surface area contributed by atoms with E-state index in [1.54, 1.807) is 24.3 Å². The molecule has 11 heteroatoms. The van der Waals surface area contributed by atoms with E-state index in [0.29, 0.717) is 15.6 Å². The second kappa shape index (κ2) is 9.40. The molecule has 0 aliphatic carbocycles.